The number of hydrogen-bond donors (Lipinski definition) is 2. The number of aliphatic hydroxyl groups is 1. The van der Waals surface area contributed by atoms with Crippen molar-refractivity contribution in [1.82, 2.24) is 24.8 Å². The van der Waals surface area contributed by atoms with E-state index >= 15 is 0 Å². The SMILES string of the molecule is CC(C)C1=C2[C@H]3CC[C@@H]4[C@@]5(C)CC=C(c6cn(CC(=O)O)nn6)C(C)(C)[C@@H]5CC[C@@]4(C)[C@]3(C)CCC[C@](O)(CN(CCN(C)C)Cc3ccc(Cl)cc3)[C@H]2CC1=O. The number of rotatable bonds is 11. The number of likely N-dealkylation sites (N-methyl/N-ethyl adjacent to an activating group) is 1. The standard InChI is InChI=1S/C47H68ClN5O4/c1-30(2)41-37(54)25-35-42(41)34-15-16-39-44(5)21-17-33(36-27-53(50-49-36)28-40(55)56)43(3,4)38(44)18-22-46(39,7)45(34,6)19-10-20-47(35,57)29-52(24-23-51(8)9)26-31-11-13-32(48)14-12-31/h11-14,17,27,30,34-35,38-39,57H,10,15-16,18-26,28-29H2,1-9H3,(H,55,56)/t34-,35+,38+,39-,44+,45-,46-,47+/m1/s1. The fraction of sp³-hybridized carbons (Fsp3) is 0.702. The van der Waals surface area contributed by atoms with Gasteiger partial charge in [-0.05, 0) is 140 Å². The molecule has 10 heteroatoms. The van der Waals surface area contributed by atoms with E-state index in [2.05, 4.69) is 101 Å². The summed E-state index contributed by atoms with van der Waals surface area (Å²) in [6.07, 6.45) is 12.6. The van der Waals surface area contributed by atoms with E-state index in [4.69, 9.17) is 11.6 Å². The second-order valence-electron chi connectivity index (χ2n) is 20.7. The second-order valence-corrected chi connectivity index (χ2v) is 21.1. The van der Waals surface area contributed by atoms with Crippen molar-refractivity contribution in [3.05, 3.63) is 64.0 Å². The molecular weight excluding hydrogens is 734 g/mol. The lowest BCUT2D eigenvalue weighted by Gasteiger charge is -2.70. The number of carboxylic acids is 1. The second kappa shape index (κ2) is 15.3. The minimum absolute atomic E-state index is 0.0227. The van der Waals surface area contributed by atoms with Crippen LogP contribution in [0.1, 0.15) is 118 Å². The predicted molar refractivity (Wildman–Crippen MR) is 226 cm³/mol. The lowest BCUT2D eigenvalue weighted by atomic mass is 9.34. The molecule has 57 heavy (non-hydrogen) atoms. The molecule has 0 spiro atoms. The van der Waals surface area contributed by atoms with Crippen molar-refractivity contribution in [3.8, 4) is 0 Å². The molecule has 1 heterocycles. The van der Waals surface area contributed by atoms with Crippen LogP contribution in [0, 0.1) is 51.2 Å². The summed E-state index contributed by atoms with van der Waals surface area (Å²) in [5.74, 6) is 0.442. The minimum atomic E-state index is -1.01. The summed E-state index contributed by atoms with van der Waals surface area (Å²) in [7, 11) is 4.20. The fourth-order valence-corrected chi connectivity index (χ4v) is 13.9. The van der Waals surface area contributed by atoms with Crippen LogP contribution < -0.4 is 0 Å². The summed E-state index contributed by atoms with van der Waals surface area (Å²) in [5, 5.41) is 31.9. The molecule has 1 aromatic carbocycles. The minimum Gasteiger partial charge on any atom is -0.480 e. The number of hydrogen-bond acceptors (Lipinski definition) is 7. The van der Waals surface area contributed by atoms with Gasteiger partial charge in [0.1, 0.15) is 12.2 Å². The van der Waals surface area contributed by atoms with E-state index in [0.29, 0.717) is 31.2 Å². The molecule has 2 aromatic rings. The van der Waals surface area contributed by atoms with Crippen molar-refractivity contribution in [2.45, 2.75) is 125 Å². The lowest BCUT2D eigenvalue weighted by molar-refractivity contribution is -0.193. The number of carbonyl (C=O) groups is 2. The first-order chi connectivity index (χ1) is 26.7. The Bertz CT molecular complexity index is 1920. The summed E-state index contributed by atoms with van der Waals surface area (Å²) in [6.45, 7) is 19.6. The Morgan fingerprint density at radius 1 is 0.965 bits per heavy atom. The molecule has 5 aliphatic carbocycles. The van der Waals surface area contributed by atoms with Crippen LogP contribution in [0.5, 0.6) is 0 Å². The third-order valence-electron chi connectivity index (χ3n) is 16.5. The van der Waals surface area contributed by atoms with Gasteiger partial charge >= 0.3 is 5.97 Å². The topological polar surface area (TPSA) is 112 Å². The average Bonchev–Trinajstić information content (AvgIpc) is 3.72. The number of carbonyl (C=O) groups excluding carboxylic acids is 1. The molecule has 7 rings (SSSR count). The molecule has 1 aromatic heterocycles. The molecule has 0 aliphatic heterocycles. The number of aliphatic carboxylic acids is 1. The van der Waals surface area contributed by atoms with Gasteiger partial charge < -0.3 is 15.1 Å². The number of ketones is 1. The molecule has 0 unspecified atom stereocenters. The molecule has 5 aliphatic rings. The van der Waals surface area contributed by atoms with Gasteiger partial charge in [-0.3, -0.25) is 14.5 Å². The maximum Gasteiger partial charge on any atom is 0.325 e. The van der Waals surface area contributed by atoms with Crippen LogP contribution in [0.4, 0.5) is 0 Å². The Labute approximate surface area is 346 Å². The van der Waals surface area contributed by atoms with E-state index < -0.39 is 11.6 Å². The summed E-state index contributed by atoms with van der Waals surface area (Å²) in [4.78, 5) is 30.4. The van der Waals surface area contributed by atoms with E-state index in [-0.39, 0.29) is 51.7 Å². The Morgan fingerprint density at radius 3 is 2.35 bits per heavy atom. The Balaban J connectivity index is 1.23. The third kappa shape index (κ3) is 7.29. The van der Waals surface area contributed by atoms with Crippen molar-refractivity contribution in [1.29, 1.82) is 0 Å². The number of nitrogens with zero attached hydrogens (tertiary/aromatic N) is 5. The van der Waals surface area contributed by atoms with Crippen molar-refractivity contribution in [3.63, 3.8) is 0 Å². The Morgan fingerprint density at radius 2 is 1.68 bits per heavy atom. The van der Waals surface area contributed by atoms with E-state index in [1.165, 1.54) is 21.4 Å². The van der Waals surface area contributed by atoms with Gasteiger partial charge in [-0.1, -0.05) is 89.1 Å². The van der Waals surface area contributed by atoms with Crippen LogP contribution in [0.15, 0.2) is 47.7 Å². The molecule has 0 amide bonds. The molecule has 3 fully saturated rings. The van der Waals surface area contributed by atoms with Crippen molar-refractivity contribution in [2.24, 2.45) is 51.2 Å². The van der Waals surface area contributed by atoms with Gasteiger partial charge in [0.05, 0.1) is 11.8 Å². The highest BCUT2D eigenvalue weighted by atomic mass is 35.5. The van der Waals surface area contributed by atoms with Gasteiger partial charge in [0.15, 0.2) is 5.78 Å². The summed E-state index contributed by atoms with van der Waals surface area (Å²) in [5.41, 5.74) is 4.41. The lowest BCUT2D eigenvalue weighted by Crippen LogP contribution is -2.63. The summed E-state index contributed by atoms with van der Waals surface area (Å²) >= 11 is 6.27. The van der Waals surface area contributed by atoms with Crippen LogP contribution >= 0.6 is 11.6 Å². The van der Waals surface area contributed by atoms with Gasteiger partial charge in [-0.2, -0.15) is 0 Å². The number of benzene rings is 1. The van der Waals surface area contributed by atoms with Crippen LogP contribution in [0.25, 0.3) is 5.57 Å². The Kier molecular flexibility index (Phi) is 11.4. The quantitative estimate of drug-likeness (QED) is 0.232. The molecule has 2 N–H and O–H groups in total. The zero-order chi connectivity index (χ0) is 41.3. The van der Waals surface area contributed by atoms with Crippen molar-refractivity contribution < 1.29 is 19.8 Å². The van der Waals surface area contributed by atoms with E-state index in [0.717, 1.165) is 80.9 Å². The molecule has 9 nitrogen and oxygen atoms in total. The van der Waals surface area contributed by atoms with Crippen LogP contribution in [0.2, 0.25) is 5.02 Å². The number of aromatic nitrogens is 3. The molecule has 3 saturated carbocycles. The van der Waals surface area contributed by atoms with Gasteiger partial charge in [0.2, 0.25) is 0 Å². The molecule has 8 atom stereocenters. The van der Waals surface area contributed by atoms with E-state index in [1.54, 1.807) is 6.20 Å². The fourth-order valence-electron chi connectivity index (χ4n) is 13.8. The number of allylic oxidation sites excluding steroid dienone is 3. The summed E-state index contributed by atoms with van der Waals surface area (Å²) < 4.78 is 1.43. The highest BCUT2D eigenvalue weighted by molar-refractivity contribution is 6.30. The molecule has 312 valence electrons. The molecule has 0 saturated heterocycles. The maximum atomic E-state index is 14.3. The number of carboxylic acid groups (broad SMARTS) is 1. The van der Waals surface area contributed by atoms with Crippen LogP contribution in [-0.2, 0) is 22.7 Å². The van der Waals surface area contributed by atoms with Gasteiger partial charge in [0.25, 0.3) is 0 Å². The average molecular weight is 803 g/mol. The molecule has 0 bridgehead atoms. The highest BCUT2D eigenvalue weighted by Gasteiger charge is 2.68. The predicted octanol–water partition coefficient (Wildman–Crippen LogP) is 8.80. The number of Topliss-reactive ketones (excluding diaryl/α,β-unsaturated/α-hetero) is 1. The van der Waals surface area contributed by atoms with Crippen LogP contribution in [0.3, 0.4) is 0 Å². The zero-order valence-electron chi connectivity index (χ0n) is 36.1. The molecule has 0 radical (unpaired) electrons. The molecular formula is C47H68ClN5O4. The largest absolute Gasteiger partial charge is 0.480 e. The first-order valence-electron chi connectivity index (χ1n) is 21.7. The Hall–Kier alpha value is -2.85. The monoisotopic (exact) mass is 801 g/mol. The van der Waals surface area contributed by atoms with Crippen molar-refractivity contribution >= 4 is 28.9 Å². The van der Waals surface area contributed by atoms with Crippen LogP contribution in [-0.4, -0.2) is 86.1 Å². The normalized spacial score (nSPS) is 35.1. The summed E-state index contributed by atoms with van der Waals surface area (Å²) in [6, 6.07) is 8.07. The van der Waals surface area contributed by atoms with Gasteiger partial charge in [-0.15, -0.1) is 5.10 Å². The van der Waals surface area contributed by atoms with E-state index in [1.807, 2.05) is 12.1 Å². The first kappa shape index (κ1) is 42.3. The van der Waals surface area contributed by atoms with Gasteiger partial charge in [0, 0.05) is 43.5 Å². The van der Waals surface area contributed by atoms with E-state index in [9.17, 15) is 19.8 Å². The van der Waals surface area contributed by atoms with Crippen molar-refractivity contribution in [2.75, 3.05) is 33.7 Å². The number of fused-ring (bicyclic) bond motifs is 7. The first-order valence-corrected chi connectivity index (χ1v) is 22.1. The number of halogens is 1. The maximum absolute atomic E-state index is 14.3. The van der Waals surface area contributed by atoms with Gasteiger partial charge in [-0.25, -0.2) is 4.68 Å². The smallest absolute Gasteiger partial charge is 0.325 e. The third-order valence-corrected chi connectivity index (χ3v) is 16.8. The zero-order valence-corrected chi connectivity index (χ0v) is 36.8. The highest BCUT2D eigenvalue weighted by Crippen LogP contribution is 2.75.